The van der Waals surface area contributed by atoms with Gasteiger partial charge < -0.3 is 9.80 Å². The zero-order valence-electron chi connectivity index (χ0n) is 12.0. The monoisotopic (exact) mass is 253 g/mol. The molecule has 2 heterocycles. The van der Waals surface area contributed by atoms with Crippen molar-refractivity contribution < 1.29 is 4.79 Å². The summed E-state index contributed by atoms with van der Waals surface area (Å²) in [4.78, 5) is 16.9. The van der Waals surface area contributed by atoms with Crippen molar-refractivity contribution in [3.8, 4) is 0 Å². The molecule has 18 heavy (non-hydrogen) atoms. The number of rotatable bonds is 5. The van der Waals surface area contributed by atoms with Crippen molar-refractivity contribution in [2.45, 2.75) is 52.1 Å². The van der Waals surface area contributed by atoms with Crippen LogP contribution < -0.4 is 5.32 Å². The van der Waals surface area contributed by atoms with E-state index in [4.69, 9.17) is 0 Å². The first kappa shape index (κ1) is 13.8. The van der Waals surface area contributed by atoms with Gasteiger partial charge in [0.05, 0.1) is 12.7 Å². The maximum absolute atomic E-state index is 12.4. The van der Waals surface area contributed by atoms with Crippen LogP contribution in [0.5, 0.6) is 0 Å². The third-order valence-electron chi connectivity index (χ3n) is 4.50. The van der Waals surface area contributed by atoms with Gasteiger partial charge in [0.1, 0.15) is 0 Å². The van der Waals surface area contributed by atoms with Crippen molar-refractivity contribution in [1.82, 2.24) is 15.1 Å². The number of nitrogens with zero attached hydrogens (tertiary/aromatic N) is 2. The maximum Gasteiger partial charge on any atom is 0.241 e. The number of carbonyl (C=O) groups excluding carboxylic acids is 1. The zero-order valence-corrected chi connectivity index (χ0v) is 12.0. The average Bonchev–Trinajstić information content (AvgIpc) is 2.97. The lowest BCUT2D eigenvalue weighted by Crippen LogP contribution is -2.44. The lowest BCUT2D eigenvalue weighted by Gasteiger charge is -2.28. The summed E-state index contributed by atoms with van der Waals surface area (Å²) in [6, 6.07) is 0.369. The molecule has 0 radical (unpaired) electrons. The van der Waals surface area contributed by atoms with Gasteiger partial charge in [-0.15, -0.1) is 0 Å². The second kappa shape index (κ2) is 6.02. The van der Waals surface area contributed by atoms with Crippen molar-refractivity contribution in [2.75, 3.05) is 26.3 Å². The summed E-state index contributed by atoms with van der Waals surface area (Å²) in [6.45, 7) is 10.6. The van der Waals surface area contributed by atoms with Crippen LogP contribution in [0.3, 0.4) is 0 Å². The van der Waals surface area contributed by atoms with Crippen LogP contribution in [0, 0.1) is 5.92 Å². The number of likely N-dealkylation sites (tertiary alicyclic amines) is 1. The van der Waals surface area contributed by atoms with E-state index in [1.165, 1.54) is 25.9 Å². The standard InChI is InChI=1S/C14H27N3O/c1-4-11(2)13-14(18)17(10-15-13)12(3)9-16-7-5-6-8-16/h11-13,15H,4-10H2,1-3H3. The highest BCUT2D eigenvalue weighted by Crippen LogP contribution is 2.18. The highest BCUT2D eigenvalue weighted by molar-refractivity contribution is 5.84. The molecule has 0 spiro atoms. The molecule has 1 N–H and O–H groups in total. The van der Waals surface area contributed by atoms with Crippen LogP contribution in [0.4, 0.5) is 0 Å². The van der Waals surface area contributed by atoms with Crippen LogP contribution in [0.25, 0.3) is 0 Å². The Labute approximate surface area is 111 Å². The molecular formula is C14H27N3O. The Kier molecular flexibility index (Phi) is 4.62. The van der Waals surface area contributed by atoms with Gasteiger partial charge in [-0.3, -0.25) is 10.1 Å². The molecule has 0 aromatic carbocycles. The van der Waals surface area contributed by atoms with E-state index in [0.717, 1.165) is 19.6 Å². The van der Waals surface area contributed by atoms with Gasteiger partial charge in [0.2, 0.25) is 5.91 Å². The number of amides is 1. The highest BCUT2D eigenvalue weighted by atomic mass is 16.2. The molecule has 1 amide bonds. The van der Waals surface area contributed by atoms with E-state index >= 15 is 0 Å². The van der Waals surface area contributed by atoms with Crippen LogP contribution in [0.15, 0.2) is 0 Å². The molecule has 2 aliphatic rings. The third kappa shape index (κ3) is 2.86. The van der Waals surface area contributed by atoms with Crippen LogP contribution >= 0.6 is 0 Å². The van der Waals surface area contributed by atoms with Gasteiger partial charge >= 0.3 is 0 Å². The number of carbonyl (C=O) groups is 1. The molecule has 0 saturated carbocycles. The lowest BCUT2D eigenvalue weighted by molar-refractivity contribution is -0.131. The first-order chi connectivity index (χ1) is 8.63. The molecule has 0 bridgehead atoms. The molecule has 2 aliphatic heterocycles. The van der Waals surface area contributed by atoms with Gasteiger partial charge in [0.25, 0.3) is 0 Å². The highest BCUT2D eigenvalue weighted by Gasteiger charge is 2.36. The van der Waals surface area contributed by atoms with E-state index in [1.54, 1.807) is 0 Å². The fourth-order valence-electron chi connectivity index (χ4n) is 3.03. The van der Waals surface area contributed by atoms with Gasteiger partial charge in [-0.05, 0) is 38.8 Å². The molecule has 2 fully saturated rings. The minimum absolute atomic E-state index is 0.0380. The minimum atomic E-state index is 0.0380. The Balaban J connectivity index is 1.87. The summed E-state index contributed by atoms with van der Waals surface area (Å²) in [7, 11) is 0. The first-order valence-electron chi connectivity index (χ1n) is 7.39. The molecular weight excluding hydrogens is 226 g/mol. The Morgan fingerprint density at radius 2 is 2.00 bits per heavy atom. The molecule has 0 aromatic rings. The van der Waals surface area contributed by atoms with Crippen LogP contribution in [0.2, 0.25) is 0 Å². The molecule has 2 saturated heterocycles. The van der Waals surface area contributed by atoms with Crippen molar-refractivity contribution in [2.24, 2.45) is 5.92 Å². The minimum Gasteiger partial charge on any atom is -0.325 e. The van der Waals surface area contributed by atoms with Gasteiger partial charge in [-0.25, -0.2) is 0 Å². The maximum atomic E-state index is 12.4. The largest absolute Gasteiger partial charge is 0.325 e. The topological polar surface area (TPSA) is 35.6 Å². The Hall–Kier alpha value is -0.610. The Morgan fingerprint density at radius 1 is 1.33 bits per heavy atom. The third-order valence-corrected chi connectivity index (χ3v) is 4.50. The molecule has 0 aromatic heterocycles. The van der Waals surface area contributed by atoms with Crippen LogP contribution in [0.1, 0.15) is 40.0 Å². The van der Waals surface area contributed by atoms with E-state index < -0.39 is 0 Å². The fraction of sp³-hybridized carbons (Fsp3) is 0.929. The summed E-state index contributed by atoms with van der Waals surface area (Å²) >= 11 is 0. The normalized spacial score (nSPS) is 28.9. The zero-order chi connectivity index (χ0) is 13.1. The quantitative estimate of drug-likeness (QED) is 0.801. The molecule has 104 valence electrons. The van der Waals surface area contributed by atoms with E-state index in [0.29, 0.717) is 17.9 Å². The second-order valence-electron chi connectivity index (χ2n) is 5.89. The molecule has 3 unspecified atom stereocenters. The number of nitrogens with one attached hydrogen (secondary N) is 1. The van der Waals surface area contributed by atoms with E-state index in [1.807, 2.05) is 4.90 Å². The van der Waals surface area contributed by atoms with Crippen LogP contribution in [-0.2, 0) is 4.79 Å². The van der Waals surface area contributed by atoms with Gasteiger partial charge in [-0.1, -0.05) is 20.3 Å². The predicted molar refractivity (Wildman–Crippen MR) is 73.2 cm³/mol. The summed E-state index contributed by atoms with van der Waals surface area (Å²) in [6.07, 6.45) is 3.68. The average molecular weight is 253 g/mol. The summed E-state index contributed by atoms with van der Waals surface area (Å²) in [5.74, 6) is 0.734. The summed E-state index contributed by atoms with van der Waals surface area (Å²) in [5.41, 5.74) is 0. The van der Waals surface area contributed by atoms with Gasteiger partial charge in [0.15, 0.2) is 0 Å². The molecule has 3 atom stereocenters. The molecule has 4 nitrogen and oxygen atoms in total. The molecule has 2 rings (SSSR count). The lowest BCUT2D eigenvalue weighted by atomic mass is 9.99. The first-order valence-corrected chi connectivity index (χ1v) is 7.39. The fourth-order valence-corrected chi connectivity index (χ4v) is 3.03. The van der Waals surface area contributed by atoms with Crippen LogP contribution in [-0.4, -0.2) is 54.1 Å². The Bertz CT molecular complexity index is 289. The molecule has 0 aliphatic carbocycles. The smallest absolute Gasteiger partial charge is 0.241 e. The van der Waals surface area contributed by atoms with E-state index in [2.05, 4.69) is 31.0 Å². The summed E-state index contributed by atoms with van der Waals surface area (Å²) < 4.78 is 0. The SMILES string of the molecule is CCC(C)C1NCN(C(C)CN2CCCC2)C1=O. The number of hydrogen-bond acceptors (Lipinski definition) is 3. The van der Waals surface area contributed by atoms with Gasteiger partial charge in [-0.2, -0.15) is 0 Å². The van der Waals surface area contributed by atoms with Gasteiger partial charge in [0, 0.05) is 12.6 Å². The van der Waals surface area contributed by atoms with Crippen molar-refractivity contribution in [3.63, 3.8) is 0 Å². The van der Waals surface area contributed by atoms with E-state index in [9.17, 15) is 4.79 Å². The van der Waals surface area contributed by atoms with Crippen molar-refractivity contribution in [1.29, 1.82) is 0 Å². The molecule has 4 heteroatoms. The summed E-state index contributed by atoms with van der Waals surface area (Å²) in [5, 5.41) is 3.37. The van der Waals surface area contributed by atoms with Crippen molar-refractivity contribution >= 4 is 5.91 Å². The number of hydrogen-bond donors (Lipinski definition) is 1. The van der Waals surface area contributed by atoms with Crippen molar-refractivity contribution in [3.05, 3.63) is 0 Å². The predicted octanol–water partition coefficient (Wildman–Crippen LogP) is 1.27. The van der Waals surface area contributed by atoms with E-state index in [-0.39, 0.29) is 6.04 Å². The second-order valence-corrected chi connectivity index (χ2v) is 5.89. The Morgan fingerprint density at radius 3 is 2.61 bits per heavy atom.